The molecule has 2 aromatic heterocycles. The maximum atomic E-state index is 12.2. The second-order valence-electron chi connectivity index (χ2n) is 6.33. The summed E-state index contributed by atoms with van der Waals surface area (Å²) in [4.78, 5) is 8.80. The maximum Gasteiger partial charge on any atom is 0.297 e. The maximum absolute atomic E-state index is 12.2. The van der Waals surface area contributed by atoms with Gasteiger partial charge in [0.1, 0.15) is 11.6 Å². The molecule has 142 valence electrons. The third-order valence-corrected chi connectivity index (χ3v) is 4.26. The monoisotopic (exact) mass is 379 g/mol. The van der Waals surface area contributed by atoms with Crippen LogP contribution in [0.5, 0.6) is 5.75 Å². The zero-order valence-electron chi connectivity index (χ0n) is 15.5. The van der Waals surface area contributed by atoms with Crippen LogP contribution in [0.3, 0.4) is 0 Å². The number of rotatable bonds is 6. The Morgan fingerprint density at radius 2 is 1.71 bits per heavy atom. The summed E-state index contributed by atoms with van der Waals surface area (Å²) in [6, 6.07) is 15.0. The first-order valence-corrected chi connectivity index (χ1v) is 8.72. The Labute approximate surface area is 160 Å². The van der Waals surface area contributed by atoms with E-state index in [2.05, 4.69) is 51.4 Å². The van der Waals surface area contributed by atoms with Crippen molar-refractivity contribution in [3.05, 3.63) is 65.5 Å². The topological polar surface area (TPSA) is 78.9 Å². The number of benzene rings is 2. The van der Waals surface area contributed by atoms with E-state index in [9.17, 15) is 4.39 Å². The van der Waals surface area contributed by atoms with Gasteiger partial charge in [-0.15, -0.1) is 5.10 Å². The van der Waals surface area contributed by atoms with E-state index in [1.54, 1.807) is 28.9 Å². The van der Waals surface area contributed by atoms with E-state index in [1.165, 1.54) is 5.56 Å². The van der Waals surface area contributed by atoms with Crippen molar-refractivity contribution in [3.63, 3.8) is 0 Å². The zero-order chi connectivity index (χ0) is 19.5. The lowest BCUT2D eigenvalue weighted by molar-refractivity contribution is 0.192. The van der Waals surface area contributed by atoms with Gasteiger partial charge in [0.15, 0.2) is 0 Å². The molecule has 2 heterocycles. The van der Waals surface area contributed by atoms with Gasteiger partial charge in [0.2, 0.25) is 18.5 Å². The minimum absolute atomic E-state index is 0.241. The Kier molecular flexibility index (Phi) is 4.84. The van der Waals surface area contributed by atoms with Gasteiger partial charge in [0.25, 0.3) is 5.89 Å². The normalized spacial score (nSPS) is 11.0. The van der Waals surface area contributed by atoms with E-state index >= 15 is 0 Å². The minimum Gasteiger partial charge on any atom is -0.463 e. The summed E-state index contributed by atoms with van der Waals surface area (Å²) >= 11 is 0. The molecule has 0 saturated carbocycles. The molecule has 28 heavy (non-hydrogen) atoms. The van der Waals surface area contributed by atoms with Crippen molar-refractivity contribution in [2.45, 2.75) is 20.4 Å². The van der Waals surface area contributed by atoms with Crippen LogP contribution in [0.1, 0.15) is 17.0 Å². The molecule has 2 aromatic carbocycles. The average molecular weight is 379 g/mol. The minimum atomic E-state index is -0.873. The van der Waals surface area contributed by atoms with E-state index in [4.69, 9.17) is 9.26 Å². The van der Waals surface area contributed by atoms with Crippen LogP contribution in [0.15, 0.2) is 53.1 Å². The Hall–Kier alpha value is -3.55. The highest BCUT2D eigenvalue weighted by molar-refractivity contribution is 5.57. The van der Waals surface area contributed by atoms with Crippen molar-refractivity contribution in [1.29, 1.82) is 0 Å². The third-order valence-electron chi connectivity index (χ3n) is 4.26. The average Bonchev–Trinajstić information content (AvgIpc) is 3.32. The summed E-state index contributed by atoms with van der Waals surface area (Å²) in [5.74, 6) is 2.20. The molecule has 0 saturated heterocycles. The van der Waals surface area contributed by atoms with E-state index in [-0.39, 0.29) is 5.89 Å². The second kappa shape index (κ2) is 7.59. The molecule has 0 aliphatic rings. The summed E-state index contributed by atoms with van der Waals surface area (Å²) in [6.45, 7) is 3.67. The standard InChI is InChI=1S/C20H18FN5O2/c1-13-3-5-15(6-4-13)11-26-14(2)22-19(24-26)20-23-18(25-28-20)16-7-9-17(10-8-16)27-12-21/h3-10H,11-12H2,1-2H3. The summed E-state index contributed by atoms with van der Waals surface area (Å²) in [5.41, 5.74) is 3.06. The van der Waals surface area contributed by atoms with Crippen LogP contribution in [0.25, 0.3) is 23.1 Å². The smallest absolute Gasteiger partial charge is 0.297 e. The van der Waals surface area contributed by atoms with Gasteiger partial charge >= 0.3 is 0 Å². The van der Waals surface area contributed by atoms with Crippen molar-refractivity contribution in [3.8, 4) is 28.9 Å². The lowest BCUT2D eigenvalue weighted by Gasteiger charge is -2.03. The fourth-order valence-corrected chi connectivity index (χ4v) is 2.72. The van der Waals surface area contributed by atoms with E-state index in [0.717, 1.165) is 17.0 Å². The fourth-order valence-electron chi connectivity index (χ4n) is 2.72. The lowest BCUT2D eigenvalue weighted by atomic mass is 10.1. The first kappa shape index (κ1) is 17.8. The highest BCUT2D eigenvalue weighted by Gasteiger charge is 2.17. The van der Waals surface area contributed by atoms with Crippen molar-refractivity contribution < 1.29 is 13.7 Å². The van der Waals surface area contributed by atoms with Gasteiger partial charge in [-0.1, -0.05) is 35.0 Å². The third kappa shape index (κ3) is 3.75. The molecule has 0 fully saturated rings. The molecule has 0 N–H and O–H groups in total. The van der Waals surface area contributed by atoms with Gasteiger partial charge in [0.05, 0.1) is 6.54 Å². The molecule has 0 atom stereocenters. The van der Waals surface area contributed by atoms with Gasteiger partial charge in [-0.2, -0.15) is 4.98 Å². The summed E-state index contributed by atoms with van der Waals surface area (Å²) in [6.07, 6.45) is 0. The SMILES string of the molecule is Cc1ccc(Cn2nc(-c3nc(-c4ccc(OCF)cc4)no3)nc2C)cc1. The highest BCUT2D eigenvalue weighted by atomic mass is 19.1. The number of alkyl halides is 1. The molecule has 0 spiro atoms. The number of aromatic nitrogens is 5. The van der Waals surface area contributed by atoms with Crippen LogP contribution in [-0.4, -0.2) is 31.8 Å². The van der Waals surface area contributed by atoms with Crippen LogP contribution in [0.2, 0.25) is 0 Å². The van der Waals surface area contributed by atoms with Crippen LogP contribution >= 0.6 is 0 Å². The van der Waals surface area contributed by atoms with Crippen molar-refractivity contribution in [2.75, 3.05) is 6.86 Å². The van der Waals surface area contributed by atoms with Crippen LogP contribution in [-0.2, 0) is 6.54 Å². The molecule has 4 aromatic rings. The van der Waals surface area contributed by atoms with Crippen molar-refractivity contribution in [1.82, 2.24) is 24.9 Å². The van der Waals surface area contributed by atoms with Crippen molar-refractivity contribution in [2.24, 2.45) is 0 Å². The summed E-state index contributed by atoms with van der Waals surface area (Å²) < 4.78 is 24.1. The highest BCUT2D eigenvalue weighted by Crippen LogP contribution is 2.23. The number of aryl methyl sites for hydroxylation is 2. The Balaban J connectivity index is 1.54. The predicted molar refractivity (Wildman–Crippen MR) is 100 cm³/mol. The molecule has 7 nitrogen and oxygen atoms in total. The fraction of sp³-hybridized carbons (Fsp3) is 0.200. The summed E-state index contributed by atoms with van der Waals surface area (Å²) in [5, 5.41) is 8.47. The van der Waals surface area contributed by atoms with Gasteiger partial charge < -0.3 is 9.26 Å². The van der Waals surface area contributed by atoms with Crippen LogP contribution in [0.4, 0.5) is 4.39 Å². The number of ether oxygens (including phenoxy) is 1. The molecule has 0 aliphatic heterocycles. The van der Waals surface area contributed by atoms with Crippen LogP contribution < -0.4 is 4.74 Å². The predicted octanol–water partition coefficient (Wildman–Crippen LogP) is 3.97. The van der Waals surface area contributed by atoms with Gasteiger partial charge in [-0.25, -0.2) is 14.1 Å². The first-order valence-electron chi connectivity index (χ1n) is 8.72. The number of hydrogen-bond acceptors (Lipinski definition) is 6. The molecule has 8 heteroatoms. The van der Waals surface area contributed by atoms with Crippen molar-refractivity contribution >= 4 is 0 Å². The Morgan fingerprint density at radius 1 is 0.964 bits per heavy atom. The Morgan fingerprint density at radius 3 is 2.43 bits per heavy atom. The molecule has 4 rings (SSSR count). The van der Waals surface area contributed by atoms with E-state index in [0.29, 0.717) is 23.9 Å². The molecule has 0 unspecified atom stereocenters. The zero-order valence-corrected chi connectivity index (χ0v) is 15.5. The van der Waals surface area contributed by atoms with Gasteiger partial charge in [0, 0.05) is 5.56 Å². The lowest BCUT2D eigenvalue weighted by Crippen LogP contribution is -2.04. The quantitative estimate of drug-likeness (QED) is 0.504. The van der Waals surface area contributed by atoms with E-state index < -0.39 is 6.86 Å². The Bertz CT molecular complexity index is 1070. The van der Waals surface area contributed by atoms with Gasteiger partial charge in [-0.3, -0.25) is 0 Å². The van der Waals surface area contributed by atoms with Gasteiger partial charge in [-0.05, 0) is 43.7 Å². The largest absolute Gasteiger partial charge is 0.463 e. The second-order valence-corrected chi connectivity index (χ2v) is 6.33. The molecule has 0 bridgehead atoms. The molecular weight excluding hydrogens is 361 g/mol. The number of hydrogen-bond donors (Lipinski definition) is 0. The molecule has 0 radical (unpaired) electrons. The van der Waals surface area contributed by atoms with Crippen LogP contribution in [0, 0.1) is 13.8 Å². The summed E-state index contributed by atoms with van der Waals surface area (Å²) in [7, 11) is 0. The van der Waals surface area contributed by atoms with E-state index in [1.807, 2.05) is 6.92 Å². The molecule has 0 aliphatic carbocycles. The number of halogens is 1. The molecule has 0 amide bonds. The molecular formula is C20H18FN5O2. The first-order chi connectivity index (χ1) is 13.6. The number of nitrogens with zero attached hydrogens (tertiary/aromatic N) is 5.